The van der Waals surface area contributed by atoms with Crippen LogP contribution in [0, 0.1) is 11.7 Å². The fourth-order valence-corrected chi connectivity index (χ4v) is 6.13. The number of ether oxygens (including phenoxy) is 1. The summed E-state index contributed by atoms with van der Waals surface area (Å²) in [6, 6.07) is 10.2. The third-order valence-corrected chi connectivity index (χ3v) is 8.33. The largest absolute Gasteiger partial charge is 0.379 e. The van der Waals surface area contributed by atoms with Gasteiger partial charge in [-0.1, -0.05) is 37.1 Å². The van der Waals surface area contributed by atoms with E-state index in [1.54, 1.807) is 34.4 Å². The van der Waals surface area contributed by atoms with Crippen LogP contribution in [0.1, 0.15) is 48.6 Å². The molecule has 1 aromatic heterocycles. The normalized spacial score (nSPS) is 21.1. The number of nitrogens with zero attached hydrogens (tertiary/aromatic N) is 4. The Kier molecular flexibility index (Phi) is 8.09. The Balaban J connectivity index is 1.35. The number of thiophene rings is 1. The van der Waals surface area contributed by atoms with E-state index in [4.69, 9.17) is 4.74 Å². The number of amides is 2. The number of hydrazone groups is 1. The molecule has 9 heteroatoms. The molecule has 192 valence electrons. The number of morpholine rings is 1. The van der Waals surface area contributed by atoms with Crippen molar-refractivity contribution in [2.24, 2.45) is 11.0 Å². The van der Waals surface area contributed by atoms with Crippen molar-refractivity contribution in [3.8, 4) is 0 Å². The number of benzene rings is 1. The molecule has 1 aliphatic carbocycles. The predicted molar refractivity (Wildman–Crippen MR) is 137 cm³/mol. The van der Waals surface area contributed by atoms with Crippen molar-refractivity contribution in [2.75, 3.05) is 45.9 Å². The van der Waals surface area contributed by atoms with Gasteiger partial charge in [-0.15, -0.1) is 11.3 Å². The van der Waals surface area contributed by atoms with E-state index in [1.165, 1.54) is 11.1 Å². The van der Waals surface area contributed by atoms with Crippen LogP contribution in [0.15, 0.2) is 46.9 Å². The van der Waals surface area contributed by atoms with Gasteiger partial charge in [0.1, 0.15) is 12.4 Å². The quantitative estimate of drug-likeness (QED) is 0.538. The molecule has 7 nitrogen and oxygen atoms in total. The van der Waals surface area contributed by atoms with Gasteiger partial charge in [-0.2, -0.15) is 5.10 Å². The van der Waals surface area contributed by atoms with Gasteiger partial charge in [-0.05, 0) is 30.4 Å². The van der Waals surface area contributed by atoms with Crippen molar-refractivity contribution in [1.82, 2.24) is 14.8 Å². The summed E-state index contributed by atoms with van der Waals surface area (Å²) < 4.78 is 20.0. The SMILES string of the molecule is O=C(C1CCCC1)N(CCN1CCOCC1)CC(=O)N1N=C(c2ccccc2F)C[C@@H]1c1cccs1. The number of rotatable bonds is 8. The lowest BCUT2D eigenvalue weighted by Crippen LogP contribution is -2.47. The van der Waals surface area contributed by atoms with Crippen molar-refractivity contribution in [3.05, 3.63) is 58.0 Å². The number of carbonyl (C=O) groups excluding carboxylic acids is 2. The van der Waals surface area contributed by atoms with Gasteiger partial charge in [0.15, 0.2) is 0 Å². The molecule has 0 unspecified atom stereocenters. The first kappa shape index (κ1) is 25.0. The second-order valence-corrected chi connectivity index (χ2v) is 10.7. The second kappa shape index (κ2) is 11.6. The molecule has 0 bridgehead atoms. The lowest BCUT2D eigenvalue weighted by atomic mass is 10.0. The van der Waals surface area contributed by atoms with Gasteiger partial charge in [-0.3, -0.25) is 14.5 Å². The molecule has 1 saturated heterocycles. The minimum absolute atomic E-state index is 0.00774. The molecular weight excluding hydrogens is 479 g/mol. The zero-order chi connectivity index (χ0) is 24.9. The average Bonchev–Trinajstić information content (AvgIpc) is 3.68. The number of carbonyl (C=O) groups is 2. The van der Waals surface area contributed by atoms with E-state index in [9.17, 15) is 14.0 Å². The first-order valence-electron chi connectivity index (χ1n) is 12.9. The molecule has 2 aromatic rings. The molecule has 2 aliphatic heterocycles. The van der Waals surface area contributed by atoms with Crippen LogP contribution in [0.2, 0.25) is 0 Å². The fraction of sp³-hybridized carbons (Fsp3) is 0.519. The topological polar surface area (TPSA) is 65.5 Å². The van der Waals surface area contributed by atoms with Gasteiger partial charge in [-0.25, -0.2) is 9.40 Å². The maximum atomic E-state index is 14.6. The van der Waals surface area contributed by atoms with Gasteiger partial charge in [0.2, 0.25) is 5.91 Å². The Hall–Kier alpha value is -2.62. The minimum Gasteiger partial charge on any atom is -0.379 e. The molecule has 2 amide bonds. The van der Waals surface area contributed by atoms with Crippen LogP contribution in [0.5, 0.6) is 0 Å². The van der Waals surface area contributed by atoms with E-state index in [-0.39, 0.29) is 36.1 Å². The zero-order valence-electron chi connectivity index (χ0n) is 20.5. The van der Waals surface area contributed by atoms with Crippen LogP contribution in [0.25, 0.3) is 0 Å². The highest BCUT2D eigenvalue weighted by Crippen LogP contribution is 2.36. The molecule has 2 fully saturated rings. The summed E-state index contributed by atoms with van der Waals surface area (Å²) in [5.74, 6) is -0.516. The fourth-order valence-electron chi connectivity index (χ4n) is 5.32. The highest BCUT2D eigenvalue weighted by molar-refractivity contribution is 7.10. The number of halogens is 1. The van der Waals surface area contributed by atoms with E-state index >= 15 is 0 Å². The van der Waals surface area contributed by atoms with Crippen molar-refractivity contribution >= 4 is 28.9 Å². The third kappa shape index (κ3) is 5.68. The first-order chi connectivity index (χ1) is 17.6. The Morgan fingerprint density at radius 1 is 1.11 bits per heavy atom. The third-order valence-electron chi connectivity index (χ3n) is 7.35. The highest BCUT2D eigenvalue weighted by atomic mass is 32.1. The summed E-state index contributed by atoms with van der Waals surface area (Å²) in [6.45, 7) is 4.26. The summed E-state index contributed by atoms with van der Waals surface area (Å²) in [5, 5.41) is 8.07. The maximum absolute atomic E-state index is 14.6. The van der Waals surface area contributed by atoms with Gasteiger partial charge in [0, 0.05) is 49.0 Å². The summed E-state index contributed by atoms with van der Waals surface area (Å²) >= 11 is 1.56. The lowest BCUT2D eigenvalue weighted by Gasteiger charge is -2.32. The molecule has 5 rings (SSSR count). The number of hydrogen-bond donors (Lipinski definition) is 0. The molecule has 0 spiro atoms. The van der Waals surface area contributed by atoms with Crippen LogP contribution in [0.4, 0.5) is 4.39 Å². The molecule has 0 radical (unpaired) electrons. The Labute approximate surface area is 215 Å². The van der Waals surface area contributed by atoms with Crippen LogP contribution >= 0.6 is 11.3 Å². The van der Waals surface area contributed by atoms with E-state index in [2.05, 4.69) is 10.0 Å². The summed E-state index contributed by atoms with van der Waals surface area (Å²) in [4.78, 5) is 32.1. The standard InChI is InChI=1S/C27H33FN4O3S/c28-22-9-4-3-8-21(22)23-18-24(25-10-5-17-36-25)32(29-23)26(33)19-31(27(34)20-6-1-2-7-20)12-11-30-13-15-35-16-14-30/h3-5,8-10,17,20,24H,1-2,6-7,11-16,18-19H2/t24-/m1/s1. The van der Waals surface area contributed by atoms with E-state index in [0.717, 1.165) is 43.6 Å². The van der Waals surface area contributed by atoms with E-state index in [0.29, 0.717) is 44.0 Å². The molecule has 3 aliphatic rings. The van der Waals surface area contributed by atoms with Crippen molar-refractivity contribution in [1.29, 1.82) is 0 Å². The molecule has 3 heterocycles. The van der Waals surface area contributed by atoms with Crippen molar-refractivity contribution < 1.29 is 18.7 Å². The van der Waals surface area contributed by atoms with E-state index in [1.807, 2.05) is 17.5 Å². The average molecular weight is 513 g/mol. The van der Waals surface area contributed by atoms with Crippen LogP contribution < -0.4 is 0 Å². The Bertz CT molecular complexity index is 1080. The molecular formula is C27H33FN4O3S. The summed E-state index contributed by atoms with van der Waals surface area (Å²) in [5.41, 5.74) is 0.974. The van der Waals surface area contributed by atoms with Crippen LogP contribution in [-0.2, 0) is 14.3 Å². The Morgan fingerprint density at radius 3 is 2.61 bits per heavy atom. The van der Waals surface area contributed by atoms with Gasteiger partial charge >= 0.3 is 0 Å². The smallest absolute Gasteiger partial charge is 0.262 e. The molecule has 1 saturated carbocycles. The van der Waals surface area contributed by atoms with Crippen LogP contribution in [0.3, 0.4) is 0 Å². The number of hydrogen-bond acceptors (Lipinski definition) is 6. The molecule has 36 heavy (non-hydrogen) atoms. The monoisotopic (exact) mass is 512 g/mol. The Morgan fingerprint density at radius 2 is 1.89 bits per heavy atom. The van der Waals surface area contributed by atoms with Gasteiger partial charge in [0.25, 0.3) is 5.91 Å². The summed E-state index contributed by atoms with van der Waals surface area (Å²) in [6.07, 6.45) is 4.34. The zero-order valence-corrected chi connectivity index (χ0v) is 21.3. The van der Waals surface area contributed by atoms with E-state index < -0.39 is 0 Å². The summed E-state index contributed by atoms with van der Waals surface area (Å²) in [7, 11) is 0. The van der Waals surface area contributed by atoms with Gasteiger partial charge in [0.05, 0.1) is 25.0 Å². The van der Waals surface area contributed by atoms with Crippen molar-refractivity contribution in [2.45, 2.75) is 38.1 Å². The second-order valence-electron chi connectivity index (χ2n) is 9.70. The van der Waals surface area contributed by atoms with Gasteiger partial charge < -0.3 is 9.64 Å². The molecule has 0 N–H and O–H groups in total. The first-order valence-corrected chi connectivity index (χ1v) is 13.7. The highest BCUT2D eigenvalue weighted by Gasteiger charge is 2.36. The molecule has 1 aromatic carbocycles. The predicted octanol–water partition coefficient (Wildman–Crippen LogP) is 3.92. The van der Waals surface area contributed by atoms with Crippen LogP contribution in [-0.4, -0.2) is 78.3 Å². The maximum Gasteiger partial charge on any atom is 0.262 e. The minimum atomic E-state index is -0.348. The molecule has 1 atom stereocenters. The lowest BCUT2D eigenvalue weighted by molar-refractivity contribution is -0.144. The van der Waals surface area contributed by atoms with Crippen molar-refractivity contribution in [3.63, 3.8) is 0 Å².